The quantitative estimate of drug-likeness (QED) is 0.474. The molecule has 1 aliphatic heterocycles. The number of carbonyl (C=O) groups excluding carboxylic acids is 1. The van der Waals surface area contributed by atoms with Crippen LogP contribution in [0.25, 0.3) is 22.8 Å². The van der Waals surface area contributed by atoms with Gasteiger partial charge in [-0.3, -0.25) is 4.79 Å². The first-order valence-electron chi connectivity index (χ1n) is 10.2. The lowest BCUT2D eigenvalue weighted by molar-refractivity contribution is 0.0714. The van der Waals surface area contributed by atoms with Crippen LogP contribution in [0.4, 0.5) is 5.82 Å². The van der Waals surface area contributed by atoms with Gasteiger partial charge in [-0.25, -0.2) is 4.98 Å². The standard InChI is InChI=1S/C23H21N5O4/c1-30-18-7-4-16(5-8-18)21-25-22(32-26-21)17-6-9-20(24-15-17)27-10-12-28(13-11-27)23(29)19-3-2-14-31-19/h2-9,14-15H,10-13H2,1H3. The maximum Gasteiger partial charge on any atom is 0.289 e. The van der Waals surface area contributed by atoms with Gasteiger partial charge < -0.3 is 23.5 Å². The number of furan rings is 1. The van der Waals surface area contributed by atoms with E-state index in [-0.39, 0.29) is 5.91 Å². The van der Waals surface area contributed by atoms with Gasteiger partial charge in [-0.2, -0.15) is 4.98 Å². The number of rotatable bonds is 5. The molecule has 9 nitrogen and oxygen atoms in total. The molecule has 3 aromatic heterocycles. The number of carbonyl (C=O) groups is 1. The van der Waals surface area contributed by atoms with Crippen LogP contribution < -0.4 is 9.64 Å². The Morgan fingerprint density at radius 1 is 1.00 bits per heavy atom. The molecule has 9 heteroatoms. The van der Waals surface area contributed by atoms with Crippen LogP contribution in [-0.4, -0.2) is 59.2 Å². The molecule has 162 valence electrons. The van der Waals surface area contributed by atoms with E-state index >= 15 is 0 Å². The Balaban J connectivity index is 1.23. The van der Waals surface area contributed by atoms with Gasteiger partial charge in [0.25, 0.3) is 11.8 Å². The van der Waals surface area contributed by atoms with Crippen molar-refractivity contribution in [2.45, 2.75) is 0 Å². The molecule has 1 fully saturated rings. The maximum absolute atomic E-state index is 12.4. The highest BCUT2D eigenvalue weighted by molar-refractivity contribution is 5.91. The van der Waals surface area contributed by atoms with Crippen molar-refractivity contribution in [3.05, 3.63) is 66.8 Å². The number of hydrogen-bond donors (Lipinski definition) is 0. The third-order valence-corrected chi connectivity index (χ3v) is 5.39. The molecule has 1 saturated heterocycles. The van der Waals surface area contributed by atoms with Crippen molar-refractivity contribution in [2.75, 3.05) is 38.2 Å². The Morgan fingerprint density at radius 3 is 2.44 bits per heavy atom. The van der Waals surface area contributed by atoms with E-state index in [1.54, 1.807) is 30.3 Å². The zero-order valence-electron chi connectivity index (χ0n) is 17.5. The van der Waals surface area contributed by atoms with E-state index in [0.29, 0.717) is 43.7 Å². The molecule has 0 unspecified atom stereocenters. The molecule has 0 radical (unpaired) electrons. The highest BCUT2D eigenvalue weighted by atomic mass is 16.5. The number of benzene rings is 1. The summed E-state index contributed by atoms with van der Waals surface area (Å²) in [5.74, 6) is 2.81. The summed E-state index contributed by atoms with van der Waals surface area (Å²) in [6, 6.07) is 14.7. The minimum atomic E-state index is -0.0815. The van der Waals surface area contributed by atoms with Crippen LogP contribution in [0.15, 0.2) is 69.9 Å². The maximum atomic E-state index is 12.4. The van der Waals surface area contributed by atoms with Crippen molar-refractivity contribution in [1.82, 2.24) is 20.0 Å². The molecule has 0 spiro atoms. The van der Waals surface area contributed by atoms with Crippen molar-refractivity contribution >= 4 is 11.7 Å². The predicted molar refractivity (Wildman–Crippen MR) is 116 cm³/mol. The molecular weight excluding hydrogens is 410 g/mol. The molecule has 0 aliphatic carbocycles. The van der Waals surface area contributed by atoms with Crippen molar-refractivity contribution in [3.8, 4) is 28.6 Å². The van der Waals surface area contributed by atoms with Gasteiger partial charge in [0.05, 0.1) is 18.9 Å². The third kappa shape index (κ3) is 3.92. The topological polar surface area (TPSA) is 97.7 Å². The van der Waals surface area contributed by atoms with Crippen LogP contribution in [-0.2, 0) is 0 Å². The monoisotopic (exact) mass is 431 g/mol. The van der Waals surface area contributed by atoms with Gasteiger partial charge in [-0.15, -0.1) is 0 Å². The highest BCUT2D eigenvalue weighted by Crippen LogP contribution is 2.25. The van der Waals surface area contributed by atoms with Gasteiger partial charge >= 0.3 is 0 Å². The minimum Gasteiger partial charge on any atom is -0.497 e. The fraction of sp³-hybridized carbons (Fsp3) is 0.217. The van der Waals surface area contributed by atoms with E-state index < -0.39 is 0 Å². The summed E-state index contributed by atoms with van der Waals surface area (Å²) in [6.45, 7) is 2.61. The van der Waals surface area contributed by atoms with Gasteiger partial charge in [-0.1, -0.05) is 5.16 Å². The normalized spacial score (nSPS) is 13.9. The van der Waals surface area contributed by atoms with Crippen LogP contribution >= 0.6 is 0 Å². The number of aromatic nitrogens is 3. The largest absolute Gasteiger partial charge is 0.497 e. The average Bonchev–Trinajstić information content (AvgIpc) is 3.57. The molecule has 0 bridgehead atoms. The van der Waals surface area contributed by atoms with Crippen LogP contribution in [0.3, 0.4) is 0 Å². The van der Waals surface area contributed by atoms with Crippen LogP contribution in [0, 0.1) is 0 Å². The summed E-state index contributed by atoms with van der Waals surface area (Å²) >= 11 is 0. The fourth-order valence-corrected chi connectivity index (χ4v) is 3.59. The molecule has 0 N–H and O–H groups in total. The zero-order chi connectivity index (χ0) is 21.9. The second-order valence-corrected chi connectivity index (χ2v) is 7.31. The van der Waals surface area contributed by atoms with E-state index in [4.69, 9.17) is 13.7 Å². The van der Waals surface area contributed by atoms with E-state index in [9.17, 15) is 4.79 Å². The van der Waals surface area contributed by atoms with Gasteiger partial charge in [0.1, 0.15) is 11.6 Å². The molecule has 1 aliphatic rings. The molecule has 4 heterocycles. The SMILES string of the molecule is COc1ccc(-c2noc(-c3ccc(N4CCN(C(=O)c5ccco5)CC4)nc3)n2)cc1. The number of ether oxygens (including phenoxy) is 1. The lowest BCUT2D eigenvalue weighted by Gasteiger charge is -2.35. The Hall–Kier alpha value is -4.14. The van der Waals surface area contributed by atoms with E-state index in [2.05, 4.69) is 20.0 Å². The van der Waals surface area contributed by atoms with Gasteiger partial charge in [0, 0.05) is 37.9 Å². The number of pyridine rings is 1. The number of methoxy groups -OCH3 is 1. The van der Waals surface area contributed by atoms with Crippen molar-refractivity contribution in [2.24, 2.45) is 0 Å². The molecule has 1 amide bonds. The number of nitrogens with zero attached hydrogens (tertiary/aromatic N) is 5. The Morgan fingerprint density at radius 2 is 1.78 bits per heavy atom. The number of hydrogen-bond acceptors (Lipinski definition) is 8. The first-order valence-corrected chi connectivity index (χ1v) is 10.2. The smallest absolute Gasteiger partial charge is 0.289 e. The van der Waals surface area contributed by atoms with Crippen molar-refractivity contribution in [3.63, 3.8) is 0 Å². The predicted octanol–water partition coefficient (Wildman–Crippen LogP) is 3.36. The molecular formula is C23H21N5O4. The van der Waals surface area contributed by atoms with Gasteiger partial charge in [0.2, 0.25) is 5.82 Å². The minimum absolute atomic E-state index is 0.0815. The van der Waals surface area contributed by atoms with Crippen LogP contribution in [0.1, 0.15) is 10.6 Å². The van der Waals surface area contributed by atoms with E-state index in [0.717, 1.165) is 22.7 Å². The summed E-state index contributed by atoms with van der Waals surface area (Å²) in [4.78, 5) is 25.4. The fourth-order valence-electron chi connectivity index (χ4n) is 3.59. The molecule has 0 saturated carbocycles. The van der Waals surface area contributed by atoms with Gasteiger partial charge in [0.15, 0.2) is 5.76 Å². The molecule has 32 heavy (non-hydrogen) atoms. The Kier molecular flexibility index (Phi) is 5.29. The average molecular weight is 431 g/mol. The highest BCUT2D eigenvalue weighted by Gasteiger charge is 2.24. The number of anilines is 1. The van der Waals surface area contributed by atoms with Crippen LogP contribution in [0.2, 0.25) is 0 Å². The summed E-state index contributed by atoms with van der Waals surface area (Å²) in [5.41, 5.74) is 1.58. The first-order chi connectivity index (χ1) is 15.7. The zero-order valence-corrected chi connectivity index (χ0v) is 17.5. The van der Waals surface area contributed by atoms with Crippen molar-refractivity contribution < 1.29 is 18.5 Å². The third-order valence-electron chi connectivity index (χ3n) is 5.39. The summed E-state index contributed by atoms with van der Waals surface area (Å²) < 4.78 is 15.8. The molecule has 1 aromatic carbocycles. The molecule has 5 rings (SSSR count). The first kappa shape index (κ1) is 19.8. The lowest BCUT2D eigenvalue weighted by atomic mass is 10.2. The second-order valence-electron chi connectivity index (χ2n) is 7.31. The summed E-state index contributed by atoms with van der Waals surface area (Å²) in [5, 5.41) is 4.07. The Labute approximate surface area is 184 Å². The van der Waals surface area contributed by atoms with Crippen LogP contribution in [0.5, 0.6) is 5.75 Å². The van der Waals surface area contributed by atoms with E-state index in [1.165, 1.54) is 6.26 Å². The number of piperazine rings is 1. The number of amides is 1. The summed E-state index contributed by atoms with van der Waals surface area (Å²) in [7, 11) is 1.62. The summed E-state index contributed by atoms with van der Waals surface area (Å²) in [6.07, 6.45) is 3.24. The second kappa shape index (κ2) is 8.54. The van der Waals surface area contributed by atoms with E-state index in [1.807, 2.05) is 36.4 Å². The molecule has 0 atom stereocenters. The Bertz CT molecular complexity index is 1180. The van der Waals surface area contributed by atoms with Gasteiger partial charge in [-0.05, 0) is 48.5 Å². The lowest BCUT2D eigenvalue weighted by Crippen LogP contribution is -2.49. The molecule has 4 aromatic rings. The van der Waals surface area contributed by atoms with Crippen molar-refractivity contribution in [1.29, 1.82) is 0 Å².